The van der Waals surface area contributed by atoms with Gasteiger partial charge in [-0.25, -0.2) is 9.69 Å². The number of amides is 5. The van der Waals surface area contributed by atoms with Crippen LogP contribution in [0.15, 0.2) is 60.7 Å². The lowest BCUT2D eigenvalue weighted by Crippen LogP contribution is -2.53. The Hall–Kier alpha value is -4.90. The van der Waals surface area contributed by atoms with Crippen molar-refractivity contribution in [1.82, 2.24) is 10.2 Å². The zero-order valence-electron chi connectivity index (χ0n) is 32.2. The fourth-order valence-corrected chi connectivity index (χ4v) is 6.02. The first-order valence-electron chi connectivity index (χ1n) is 17.9. The largest absolute Gasteiger partial charge is 0.497 e. The van der Waals surface area contributed by atoms with Crippen LogP contribution in [0, 0.1) is 0 Å². The second kappa shape index (κ2) is 16.0. The highest BCUT2D eigenvalue weighted by molar-refractivity contribution is 6.34. The van der Waals surface area contributed by atoms with E-state index in [1.54, 1.807) is 6.07 Å². The fourth-order valence-electron chi connectivity index (χ4n) is 5.85. The quantitative estimate of drug-likeness (QED) is 0.0812. The van der Waals surface area contributed by atoms with Crippen molar-refractivity contribution in [3.05, 3.63) is 82.4 Å². The molecule has 53 heavy (non-hydrogen) atoms. The van der Waals surface area contributed by atoms with Crippen molar-refractivity contribution < 1.29 is 33.4 Å². The second-order valence-corrected chi connectivity index (χ2v) is 15.5. The Kier molecular flexibility index (Phi) is 12.3. The number of anilines is 2. The Labute approximate surface area is 317 Å². The summed E-state index contributed by atoms with van der Waals surface area (Å²) in [6.07, 6.45) is 1.35. The number of Topliss-reactive ketones (excluding diaryl/α,β-unsaturated/α-hetero) is 1. The van der Waals surface area contributed by atoms with E-state index in [-0.39, 0.29) is 27.1 Å². The predicted octanol–water partition coefficient (Wildman–Crippen LogP) is 8.04. The number of ketones is 1. The van der Waals surface area contributed by atoms with Crippen LogP contribution in [0.4, 0.5) is 16.2 Å². The van der Waals surface area contributed by atoms with E-state index in [1.807, 2.05) is 13.0 Å². The molecule has 0 radical (unpaired) electrons. The zero-order valence-corrected chi connectivity index (χ0v) is 33.0. The summed E-state index contributed by atoms with van der Waals surface area (Å²) in [6, 6.07) is 13.8. The minimum absolute atomic E-state index is 0.0314. The van der Waals surface area contributed by atoms with Gasteiger partial charge in [-0.2, -0.15) is 0 Å². The van der Waals surface area contributed by atoms with E-state index in [4.69, 9.17) is 21.1 Å². The number of carbonyl (C=O) groups excluding carboxylic acids is 5. The molecule has 0 aliphatic carbocycles. The molecule has 4 rings (SSSR count). The molecule has 1 heterocycles. The van der Waals surface area contributed by atoms with E-state index in [1.165, 1.54) is 62.9 Å². The van der Waals surface area contributed by atoms with Gasteiger partial charge in [0.2, 0.25) is 0 Å². The number of nitrogens with zero attached hydrogens (tertiary/aromatic N) is 1. The van der Waals surface area contributed by atoms with E-state index in [0.717, 1.165) is 18.4 Å². The minimum atomic E-state index is -1.87. The molecule has 2 unspecified atom stereocenters. The van der Waals surface area contributed by atoms with Gasteiger partial charge in [0.05, 0.1) is 17.8 Å². The molecule has 0 aromatic heterocycles. The molecular formula is C41H51ClN4O7. The molecule has 3 N–H and O–H groups in total. The fraction of sp³-hybridized carbons (Fsp3) is 0.439. The highest BCUT2D eigenvalue weighted by Crippen LogP contribution is 2.39. The van der Waals surface area contributed by atoms with Crippen molar-refractivity contribution in [1.29, 1.82) is 0 Å². The van der Waals surface area contributed by atoms with Crippen molar-refractivity contribution in [3.8, 4) is 11.5 Å². The molecule has 0 spiro atoms. The maximum Gasteiger partial charge on any atom is 0.326 e. The van der Waals surface area contributed by atoms with E-state index in [0.29, 0.717) is 28.5 Å². The van der Waals surface area contributed by atoms with Crippen LogP contribution in [-0.4, -0.2) is 59.2 Å². The molecule has 2 atom stereocenters. The summed E-state index contributed by atoms with van der Waals surface area (Å²) < 4.78 is 11.6. The van der Waals surface area contributed by atoms with E-state index in [9.17, 15) is 24.0 Å². The number of urea groups is 1. The number of hydrogen-bond donors (Lipinski definition) is 3. The van der Waals surface area contributed by atoms with Crippen LogP contribution < -0.4 is 25.4 Å². The standard InChI is InChI=1S/C41H51ClN4O7/c1-11-31(53-32-21-16-25(39(4,5)12-2)22-28(32)40(6,7)13-3)35(48)43-26-17-20-29(42)30(23-26)44-36(49)33(46-37(50)41(8,9)45-38(46)51)34(47)24-14-18-27(52-10)19-15-24/h14-23,31,33H,11-13H2,1-10H3,(H,43,48)(H,44,49)(H,45,51). The van der Waals surface area contributed by atoms with Gasteiger partial charge in [-0.15, -0.1) is 0 Å². The minimum Gasteiger partial charge on any atom is -0.497 e. The number of nitrogens with one attached hydrogen (secondary N) is 3. The van der Waals surface area contributed by atoms with Crippen molar-refractivity contribution >= 4 is 52.5 Å². The number of imide groups is 1. The van der Waals surface area contributed by atoms with Gasteiger partial charge < -0.3 is 25.4 Å². The van der Waals surface area contributed by atoms with Crippen LogP contribution in [0.25, 0.3) is 0 Å². The van der Waals surface area contributed by atoms with Crippen LogP contribution in [0.5, 0.6) is 11.5 Å². The first-order chi connectivity index (χ1) is 24.8. The lowest BCUT2D eigenvalue weighted by Gasteiger charge is -2.31. The van der Waals surface area contributed by atoms with Gasteiger partial charge in [0.15, 0.2) is 17.9 Å². The molecule has 3 aromatic carbocycles. The van der Waals surface area contributed by atoms with Crippen molar-refractivity contribution in [3.63, 3.8) is 0 Å². The first kappa shape index (κ1) is 40.9. The van der Waals surface area contributed by atoms with Crippen molar-refractivity contribution in [2.45, 2.75) is 110 Å². The van der Waals surface area contributed by atoms with E-state index in [2.05, 4.69) is 69.6 Å². The molecule has 1 saturated heterocycles. The number of halogens is 1. The van der Waals surface area contributed by atoms with Crippen molar-refractivity contribution in [2.75, 3.05) is 17.7 Å². The van der Waals surface area contributed by atoms with Gasteiger partial charge in [-0.1, -0.05) is 72.2 Å². The summed E-state index contributed by atoms with van der Waals surface area (Å²) in [5.74, 6) is -1.84. The van der Waals surface area contributed by atoms with Crippen LogP contribution >= 0.6 is 11.6 Å². The van der Waals surface area contributed by atoms with Gasteiger partial charge in [0.1, 0.15) is 17.0 Å². The summed E-state index contributed by atoms with van der Waals surface area (Å²) >= 11 is 6.49. The number of rotatable bonds is 15. The number of carbonyl (C=O) groups is 5. The number of ether oxygens (including phenoxy) is 2. The van der Waals surface area contributed by atoms with Crippen molar-refractivity contribution in [2.24, 2.45) is 0 Å². The maximum atomic E-state index is 13.9. The normalized spacial score (nSPS) is 15.3. The molecule has 11 nitrogen and oxygen atoms in total. The summed E-state index contributed by atoms with van der Waals surface area (Å²) in [7, 11) is 1.47. The average Bonchev–Trinajstić information content (AvgIpc) is 3.33. The van der Waals surface area contributed by atoms with Gasteiger partial charge in [0, 0.05) is 16.8 Å². The molecule has 5 amide bonds. The topological polar surface area (TPSA) is 143 Å². The number of hydrogen-bond acceptors (Lipinski definition) is 7. The Morgan fingerprint density at radius 2 is 1.51 bits per heavy atom. The van der Waals surface area contributed by atoms with Crippen LogP contribution in [0.2, 0.25) is 5.02 Å². The van der Waals surface area contributed by atoms with Gasteiger partial charge >= 0.3 is 6.03 Å². The number of methoxy groups -OCH3 is 1. The summed E-state index contributed by atoms with van der Waals surface area (Å²) in [4.78, 5) is 68.4. The Morgan fingerprint density at radius 3 is 2.06 bits per heavy atom. The molecular weight excluding hydrogens is 696 g/mol. The summed E-state index contributed by atoms with van der Waals surface area (Å²) in [5, 5.41) is 8.07. The summed E-state index contributed by atoms with van der Waals surface area (Å²) in [6.45, 7) is 17.8. The molecule has 3 aromatic rings. The Morgan fingerprint density at radius 1 is 0.868 bits per heavy atom. The van der Waals surface area contributed by atoms with Gasteiger partial charge in [0.25, 0.3) is 17.7 Å². The third-order valence-electron chi connectivity index (χ3n) is 10.2. The maximum absolute atomic E-state index is 13.9. The second-order valence-electron chi connectivity index (χ2n) is 15.1. The monoisotopic (exact) mass is 746 g/mol. The molecule has 1 aliphatic heterocycles. The Balaban J connectivity index is 1.61. The van der Waals surface area contributed by atoms with E-state index >= 15 is 0 Å². The number of benzene rings is 3. The highest BCUT2D eigenvalue weighted by Gasteiger charge is 2.51. The summed E-state index contributed by atoms with van der Waals surface area (Å²) in [5.41, 5.74) is 1.03. The third-order valence-corrected chi connectivity index (χ3v) is 10.5. The lowest BCUT2D eigenvalue weighted by atomic mass is 9.76. The highest BCUT2D eigenvalue weighted by atomic mass is 35.5. The van der Waals surface area contributed by atoms with E-state index < -0.39 is 47.2 Å². The molecule has 284 valence electrons. The SMILES string of the molecule is CCC(Oc1ccc(C(C)(C)CC)cc1C(C)(C)CC)C(=O)Nc1ccc(Cl)c(NC(=O)C(C(=O)c2ccc(OC)cc2)N2C(=O)NC(C)(C)C2=O)c1. The Bertz CT molecular complexity index is 1890. The molecule has 0 bridgehead atoms. The zero-order chi connectivity index (χ0) is 39.5. The van der Waals surface area contributed by atoms with Gasteiger partial charge in [-0.3, -0.25) is 19.2 Å². The lowest BCUT2D eigenvalue weighted by molar-refractivity contribution is -0.134. The van der Waals surface area contributed by atoms with Crippen LogP contribution in [-0.2, 0) is 25.2 Å². The smallest absolute Gasteiger partial charge is 0.326 e. The van der Waals surface area contributed by atoms with Gasteiger partial charge in [-0.05, 0) is 98.0 Å². The molecule has 0 saturated carbocycles. The molecule has 1 aliphatic rings. The molecule has 1 fully saturated rings. The van der Waals surface area contributed by atoms with Crippen LogP contribution in [0.1, 0.15) is 103 Å². The average molecular weight is 747 g/mol. The van der Waals surface area contributed by atoms with Crippen LogP contribution in [0.3, 0.4) is 0 Å². The first-order valence-corrected chi connectivity index (χ1v) is 18.2. The predicted molar refractivity (Wildman–Crippen MR) is 207 cm³/mol. The molecule has 12 heteroatoms. The third kappa shape index (κ3) is 8.84.